The lowest BCUT2D eigenvalue weighted by Gasteiger charge is -2.52. The number of ketones is 4. The fraction of sp³-hybridized carbons (Fsp3) is 0.458. The predicted octanol–water partition coefficient (Wildman–Crippen LogP) is -1.01. The largest absolute Gasteiger partial charge is 0.507 e. The van der Waals surface area contributed by atoms with Gasteiger partial charge in [-0.15, -0.1) is 0 Å². The molecule has 3 unspecified atom stereocenters. The molecule has 1 aromatic rings. The molecule has 1 aromatic carbocycles. The van der Waals surface area contributed by atoms with Crippen molar-refractivity contribution in [1.29, 1.82) is 0 Å². The number of rotatable bonds is 5. The number of Topliss-reactive ketones (excluding diaryl/α,β-unsaturated/α-hetero) is 4. The Kier molecular flexibility index (Phi) is 5.90. The Morgan fingerprint density at radius 1 is 1.23 bits per heavy atom. The normalized spacial score (nSPS) is 32.1. The quantitative estimate of drug-likeness (QED) is 0.298. The van der Waals surface area contributed by atoms with Crippen LogP contribution in [-0.4, -0.2) is 77.0 Å². The second-order valence-electron chi connectivity index (χ2n) is 9.56. The number of hydrogen-bond donors (Lipinski definition) is 4. The zero-order valence-electron chi connectivity index (χ0n) is 19.5. The molecule has 0 aliphatic heterocycles. The molecule has 11 nitrogen and oxygen atoms in total. The van der Waals surface area contributed by atoms with Crippen molar-refractivity contribution in [3.63, 3.8) is 0 Å². The van der Waals surface area contributed by atoms with Gasteiger partial charge in [-0.2, -0.15) is 0 Å². The van der Waals surface area contributed by atoms with Gasteiger partial charge in [-0.25, -0.2) is 0 Å². The average Bonchev–Trinajstić information content (AvgIpc) is 2.76. The number of nitrogens with two attached hydrogens (primary N) is 1. The van der Waals surface area contributed by atoms with Crippen molar-refractivity contribution in [1.82, 2.24) is 10.4 Å². The molecule has 5 N–H and O–H groups in total. The van der Waals surface area contributed by atoms with Gasteiger partial charge in [-0.3, -0.25) is 39.2 Å². The highest BCUT2D eigenvalue weighted by Gasteiger charge is 2.69. The summed E-state index contributed by atoms with van der Waals surface area (Å²) in [6, 6.07) is 1.70. The number of carbonyl (C=O) groups is 5. The molecule has 0 spiro atoms. The average molecular weight is 485 g/mol. The van der Waals surface area contributed by atoms with E-state index >= 15 is 0 Å². The van der Waals surface area contributed by atoms with Crippen molar-refractivity contribution >= 4 is 34.7 Å². The second-order valence-corrected chi connectivity index (χ2v) is 9.56. The van der Waals surface area contributed by atoms with Crippen LogP contribution in [0.4, 0.5) is 0 Å². The molecule has 186 valence electrons. The molecule has 1 amide bonds. The lowest BCUT2D eigenvalue weighted by atomic mass is 9.52. The van der Waals surface area contributed by atoms with Gasteiger partial charge in [-0.05, 0) is 50.6 Å². The summed E-state index contributed by atoms with van der Waals surface area (Å²) < 4.78 is 0. The first-order valence-corrected chi connectivity index (χ1v) is 11.1. The zero-order chi connectivity index (χ0) is 26.0. The summed E-state index contributed by atoms with van der Waals surface area (Å²) in [6.45, 7) is 3.88. The molecule has 4 rings (SSSR count). The van der Waals surface area contributed by atoms with E-state index in [4.69, 9.17) is 10.6 Å². The number of likely N-dealkylation sites (N-methyl/N-ethyl adjacent to an activating group) is 1. The number of amides is 1. The molecule has 3 aliphatic carbocycles. The van der Waals surface area contributed by atoms with Crippen LogP contribution >= 0.6 is 0 Å². The van der Waals surface area contributed by atoms with Crippen LogP contribution in [-0.2, 0) is 30.4 Å². The topological polar surface area (TPSA) is 176 Å². The van der Waals surface area contributed by atoms with Gasteiger partial charge in [0.2, 0.25) is 5.91 Å². The lowest BCUT2D eigenvalue weighted by molar-refractivity contribution is -0.181. The van der Waals surface area contributed by atoms with Crippen LogP contribution in [0, 0.1) is 23.7 Å². The molecule has 2 saturated carbocycles. The Morgan fingerprint density at radius 2 is 1.89 bits per heavy atom. The first-order valence-electron chi connectivity index (χ1n) is 11.1. The number of aliphatic hydroxyl groups is 1. The molecular formula is C24H27N3O8. The Balaban J connectivity index is 1.87. The third-order valence-corrected chi connectivity index (χ3v) is 7.50. The SMILES string of the molecule is C=C(NOC)c1ccc(O)c2c1C[C@H]1C[C@H]3C(N(C)C)C(=O)C(C(N)=O)C(=O)[C@@]3(O)C(=O)C1C2=O. The van der Waals surface area contributed by atoms with E-state index < -0.39 is 64.4 Å². The Morgan fingerprint density at radius 3 is 2.46 bits per heavy atom. The third-order valence-electron chi connectivity index (χ3n) is 7.50. The maximum atomic E-state index is 13.7. The minimum absolute atomic E-state index is 0.0246. The number of primary amides is 1. The van der Waals surface area contributed by atoms with Gasteiger partial charge < -0.3 is 15.9 Å². The van der Waals surface area contributed by atoms with Crippen LogP contribution in [0.15, 0.2) is 18.7 Å². The maximum absolute atomic E-state index is 13.7. The highest BCUT2D eigenvalue weighted by Crippen LogP contribution is 2.51. The van der Waals surface area contributed by atoms with Gasteiger partial charge >= 0.3 is 0 Å². The van der Waals surface area contributed by atoms with Crippen molar-refractivity contribution in [2.75, 3.05) is 21.2 Å². The van der Waals surface area contributed by atoms with Crippen LogP contribution < -0.4 is 11.2 Å². The molecule has 3 aliphatic rings. The van der Waals surface area contributed by atoms with Crippen LogP contribution in [0.3, 0.4) is 0 Å². The van der Waals surface area contributed by atoms with E-state index in [-0.39, 0.29) is 24.2 Å². The first kappa shape index (κ1) is 24.7. The standard InChI is InChI=1S/C24H27N3O8/c1-9(26-35-4)11-5-6-14(28)16-12(11)7-10-8-13-18(27(2)3)20(30)17(23(25)33)22(32)24(13,34)21(31)15(10)19(16)29/h5-6,10,13,15,17-18,26,28,34H,1,7-8H2,2-4H3,(H2,25,33)/t10-,13-,15?,17?,18?,24-/m0/s1. The number of aromatic hydroxyl groups is 1. The van der Waals surface area contributed by atoms with Crippen molar-refractivity contribution in [3.05, 3.63) is 35.4 Å². The van der Waals surface area contributed by atoms with E-state index in [9.17, 15) is 34.2 Å². The van der Waals surface area contributed by atoms with E-state index in [1.54, 1.807) is 6.07 Å². The van der Waals surface area contributed by atoms with Crippen LogP contribution in [0.25, 0.3) is 5.70 Å². The Hall–Kier alpha value is -3.41. The van der Waals surface area contributed by atoms with Crippen molar-refractivity contribution in [2.45, 2.75) is 24.5 Å². The molecule has 0 heterocycles. The monoisotopic (exact) mass is 485 g/mol. The summed E-state index contributed by atoms with van der Waals surface area (Å²) in [5, 5.41) is 22.0. The van der Waals surface area contributed by atoms with Gasteiger partial charge in [0, 0.05) is 11.5 Å². The molecule has 0 aromatic heterocycles. The lowest BCUT2D eigenvalue weighted by Crippen LogP contribution is -2.74. The minimum Gasteiger partial charge on any atom is -0.507 e. The molecular weight excluding hydrogens is 458 g/mol. The number of hydrogen-bond acceptors (Lipinski definition) is 10. The first-order chi connectivity index (χ1) is 16.4. The van der Waals surface area contributed by atoms with E-state index in [0.717, 1.165) is 0 Å². The highest BCUT2D eigenvalue weighted by molar-refractivity contribution is 6.32. The predicted molar refractivity (Wildman–Crippen MR) is 121 cm³/mol. The smallest absolute Gasteiger partial charge is 0.235 e. The van der Waals surface area contributed by atoms with Gasteiger partial charge in [0.1, 0.15) is 5.75 Å². The number of nitrogens with zero attached hydrogens (tertiary/aromatic N) is 1. The number of phenols is 1. The minimum atomic E-state index is -2.74. The number of benzene rings is 1. The summed E-state index contributed by atoms with van der Waals surface area (Å²) in [7, 11) is 4.45. The number of fused-ring (bicyclic) bond motifs is 3. The van der Waals surface area contributed by atoms with Gasteiger partial charge in [0.05, 0.1) is 30.3 Å². The van der Waals surface area contributed by atoms with Crippen molar-refractivity contribution < 1.29 is 39.0 Å². The van der Waals surface area contributed by atoms with E-state index in [1.165, 1.54) is 32.2 Å². The van der Waals surface area contributed by atoms with Crippen molar-refractivity contribution in [3.8, 4) is 5.75 Å². The molecule has 2 fully saturated rings. The molecule has 0 bridgehead atoms. The number of phenolic OH excluding ortho intramolecular Hbond substituents is 1. The molecule has 0 saturated heterocycles. The van der Waals surface area contributed by atoms with E-state index in [1.807, 2.05) is 0 Å². The maximum Gasteiger partial charge on any atom is 0.235 e. The van der Waals surface area contributed by atoms with Gasteiger partial charge in [0.15, 0.2) is 34.7 Å². The fourth-order valence-corrected chi connectivity index (χ4v) is 6.07. The van der Waals surface area contributed by atoms with Crippen LogP contribution in [0.5, 0.6) is 5.75 Å². The Bertz CT molecular complexity index is 1190. The summed E-state index contributed by atoms with van der Waals surface area (Å²) in [4.78, 5) is 71.9. The van der Waals surface area contributed by atoms with E-state index in [2.05, 4.69) is 12.1 Å². The van der Waals surface area contributed by atoms with Crippen LogP contribution in [0.2, 0.25) is 0 Å². The molecule has 0 radical (unpaired) electrons. The number of nitrogens with one attached hydrogen (secondary N) is 1. The van der Waals surface area contributed by atoms with E-state index in [0.29, 0.717) is 16.8 Å². The van der Waals surface area contributed by atoms with Gasteiger partial charge in [0.25, 0.3) is 0 Å². The summed E-state index contributed by atoms with van der Waals surface area (Å²) in [5.74, 6) is -10.8. The molecule has 11 heteroatoms. The molecule has 35 heavy (non-hydrogen) atoms. The second kappa shape index (κ2) is 8.36. The van der Waals surface area contributed by atoms with Crippen LogP contribution in [0.1, 0.15) is 27.9 Å². The summed E-state index contributed by atoms with van der Waals surface area (Å²) >= 11 is 0. The molecule has 6 atom stereocenters. The summed E-state index contributed by atoms with van der Waals surface area (Å²) in [6.07, 6.45) is 0.114. The highest BCUT2D eigenvalue weighted by atomic mass is 16.6. The zero-order valence-corrected chi connectivity index (χ0v) is 19.5. The van der Waals surface area contributed by atoms with Crippen molar-refractivity contribution in [2.24, 2.45) is 29.4 Å². The summed E-state index contributed by atoms with van der Waals surface area (Å²) in [5.41, 5.74) is 6.31. The van der Waals surface area contributed by atoms with Gasteiger partial charge in [-0.1, -0.05) is 6.58 Å². The fourth-order valence-electron chi connectivity index (χ4n) is 6.07. The third kappa shape index (κ3) is 3.33. The Labute approximate surface area is 200 Å². The number of carbonyl (C=O) groups excluding carboxylic acids is 5. The number of hydroxylamine groups is 1.